The maximum atomic E-state index is 12.4. The number of carbonyl (C=O) groups is 2. The molecule has 0 radical (unpaired) electrons. The van der Waals surface area contributed by atoms with Gasteiger partial charge in [0.15, 0.2) is 11.5 Å². The smallest absolute Gasteiger partial charge is 0.228 e. The average Bonchev–Trinajstić information content (AvgIpc) is 3.54. The molecule has 0 spiro atoms. The Kier molecular flexibility index (Phi) is 6.59. The number of nitrogens with one attached hydrogen (secondary N) is 2. The van der Waals surface area contributed by atoms with Gasteiger partial charge in [0.2, 0.25) is 11.8 Å². The largest absolute Gasteiger partial charge is 0.494 e. The maximum absolute atomic E-state index is 12.4. The Bertz CT molecular complexity index is 866. The number of rotatable bonds is 9. The molecule has 29 heavy (non-hydrogen) atoms. The number of amides is 2. The molecule has 1 aliphatic rings. The van der Waals surface area contributed by atoms with Crippen LogP contribution < -0.4 is 24.8 Å². The van der Waals surface area contributed by atoms with Crippen LogP contribution in [0, 0.1) is 11.8 Å². The second kappa shape index (κ2) is 9.32. The first-order valence-electron chi connectivity index (χ1n) is 9.58. The lowest BCUT2D eigenvalue weighted by molar-refractivity contribution is -0.125. The fourth-order valence-corrected chi connectivity index (χ4v) is 3.12. The van der Waals surface area contributed by atoms with Gasteiger partial charge < -0.3 is 24.8 Å². The molecule has 3 rings (SSSR count). The molecule has 154 valence electrons. The predicted molar refractivity (Wildman–Crippen MR) is 109 cm³/mol. The van der Waals surface area contributed by atoms with E-state index in [0.717, 1.165) is 11.3 Å². The van der Waals surface area contributed by atoms with E-state index < -0.39 is 0 Å². The van der Waals surface area contributed by atoms with E-state index in [4.69, 9.17) is 14.2 Å². The van der Waals surface area contributed by atoms with Crippen molar-refractivity contribution in [3.05, 3.63) is 48.0 Å². The van der Waals surface area contributed by atoms with Gasteiger partial charge in [-0.2, -0.15) is 0 Å². The monoisotopic (exact) mass is 398 g/mol. The van der Waals surface area contributed by atoms with E-state index in [-0.39, 0.29) is 23.7 Å². The fraction of sp³-hybridized carbons (Fsp3) is 0.364. The lowest BCUT2D eigenvalue weighted by atomic mass is 10.2. The van der Waals surface area contributed by atoms with Crippen molar-refractivity contribution in [3.8, 4) is 17.2 Å². The standard InChI is InChI=1S/C22H26N2O5/c1-4-29-16-8-6-15(7-9-16)24-22(26)18-12-17(18)21(25)23-13-14-5-10-19(27-2)20(11-14)28-3/h5-11,17-18H,4,12-13H2,1-3H3,(H,23,25)(H,24,26). The molecule has 0 heterocycles. The first-order chi connectivity index (χ1) is 14.0. The lowest BCUT2D eigenvalue weighted by Crippen LogP contribution is -2.27. The highest BCUT2D eigenvalue weighted by Gasteiger charge is 2.47. The van der Waals surface area contributed by atoms with Crippen LogP contribution in [0.2, 0.25) is 0 Å². The molecule has 2 N–H and O–H groups in total. The molecule has 1 aliphatic carbocycles. The summed E-state index contributed by atoms with van der Waals surface area (Å²) in [6.45, 7) is 2.87. The van der Waals surface area contributed by atoms with E-state index >= 15 is 0 Å². The Hall–Kier alpha value is -3.22. The van der Waals surface area contributed by atoms with Gasteiger partial charge in [-0.3, -0.25) is 9.59 Å². The van der Waals surface area contributed by atoms with Crippen LogP contribution in [0.4, 0.5) is 5.69 Å². The molecule has 0 aliphatic heterocycles. The van der Waals surface area contributed by atoms with Crippen LogP contribution in [-0.2, 0) is 16.1 Å². The number of carbonyl (C=O) groups excluding carboxylic acids is 2. The Morgan fingerprint density at radius 2 is 1.66 bits per heavy atom. The first kappa shape index (κ1) is 20.5. The summed E-state index contributed by atoms with van der Waals surface area (Å²) >= 11 is 0. The Morgan fingerprint density at radius 3 is 2.31 bits per heavy atom. The minimum Gasteiger partial charge on any atom is -0.494 e. The number of methoxy groups -OCH3 is 2. The van der Waals surface area contributed by atoms with E-state index in [0.29, 0.717) is 36.8 Å². The predicted octanol–water partition coefficient (Wildman–Crippen LogP) is 2.99. The summed E-state index contributed by atoms with van der Waals surface area (Å²) in [6.07, 6.45) is 0.556. The molecule has 1 saturated carbocycles. The van der Waals surface area contributed by atoms with Crippen molar-refractivity contribution in [2.75, 3.05) is 26.1 Å². The molecule has 0 aromatic heterocycles. The SMILES string of the molecule is CCOc1ccc(NC(=O)C2CC2C(=O)NCc2ccc(OC)c(OC)c2)cc1. The normalized spacial score (nSPS) is 17.2. The van der Waals surface area contributed by atoms with Gasteiger partial charge in [0.05, 0.1) is 32.7 Å². The lowest BCUT2D eigenvalue weighted by Gasteiger charge is -2.10. The molecule has 2 aromatic rings. The minimum absolute atomic E-state index is 0.119. The maximum Gasteiger partial charge on any atom is 0.228 e. The Morgan fingerprint density at radius 1 is 0.966 bits per heavy atom. The fourth-order valence-electron chi connectivity index (χ4n) is 3.12. The molecule has 7 nitrogen and oxygen atoms in total. The third kappa shape index (κ3) is 5.19. The van der Waals surface area contributed by atoms with Gasteiger partial charge in [-0.15, -0.1) is 0 Å². The summed E-state index contributed by atoms with van der Waals surface area (Å²) in [4.78, 5) is 24.8. The number of ether oxygens (including phenoxy) is 3. The zero-order chi connectivity index (χ0) is 20.8. The number of hydrogen-bond acceptors (Lipinski definition) is 5. The summed E-state index contributed by atoms with van der Waals surface area (Å²) in [7, 11) is 3.14. The summed E-state index contributed by atoms with van der Waals surface area (Å²) in [5.41, 5.74) is 1.59. The highest BCUT2D eigenvalue weighted by molar-refractivity contribution is 5.99. The molecule has 2 unspecified atom stereocenters. The molecule has 2 aromatic carbocycles. The first-order valence-corrected chi connectivity index (χ1v) is 9.58. The van der Waals surface area contributed by atoms with E-state index in [1.807, 2.05) is 19.1 Å². The van der Waals surface area contributed by atoms with E-state index in [9.17, 15) is 9.59 Å². The van der Waals surface area contributed by atoms with Crippen molar-refractivity contribution in [2.45, 2.75) is 19.9 Å². The summed E-state index contributed by atoms with van der Waals surface area (Å²) in [5.74, 6) is 1.15. The van der Waals surface area contributed by atoms with E-state index in [1.54, 1.807) is 44.6 Å². The third-order valence-electron chi connectivity index (χ3n) is 4.81. The molecule has 2 atom stereocenters. The molecule has 1 fully saturated rings. The summed E-state index contributed by atoms with van der Waals surface area (Å²) in [5, 5.41) is 5.74. The topological polar surface area (TPSA) is 85.9 Å². The van der Waals surface area contributed by atoms with Crippen LogP contribution in [0.15, 0.2) is 42.5 Å². The number of benzene rings is 2. The molecule has 2 amide bonds. The van der Waals surface area contributed by atoms with Crippen LogP contribution >= 0.6 is 0 Å². The average molecular weight is 398 g/mol. The van der Waals surface area contributed by atoms with Crippen LogP contribution in [0.3, 0.4) is 0 Å². The number of hydrogen-bond donors (Lipinski definition) is 2. The molecule has 0 bridgehead atoms. The van der Waals surface area contributed by atoms with Gasteiger partial charge >= 0.3 is 0 Å². The number of anilines is 1. The van der Waals surface area contributed by atoms with E-state index in [1.165, 1.54) is 0 Å². The highest BCUT2D eigenvalue weighted by atomic mass is 16.5. The third-order valence-corrected chi connectivity index (χ3v) is 4.81. The van der Waals surface area contributed by atoms with Gasteiger partial charge in [0, 0.05) is 12.2 Å². The van der Waals surface area contributed by atoms with Gasteiger partial charge in [0.1, 0.15) is 5.75 Å². The second-order valence-corrected chi connectivity index (χ2v) is 6.80. The summed E-state index contributed by atoms with van der Waals surface area (Å²) in [6, 6.07) is 12.7. The van der Waals surface area contributed by atoms with E-state index in [2.05, 4.69) is 10.6 Å². The van der Waals surface area contributed by atoms with Gasteiger partial charge in [-0.1, -0.05) is 6.07 Å². The molecular formula is C22H26N2O5. The van der Waals surface area contributed by atoms with Crippen molar-refractivity contribution in [2.24, 2.45) is 11.8 Å². The minimum atomic E-state index is -0.299. The van der Waals surface area contributed by atoms with Crippen molar-refractivity contribution < 1.29 is 23.8 Å². The van der Waals surface area contributed by atoms with Crippen molar-refractivity contribution >= 4 is 17.5 Å². The van der Waals surface area contributed by atoms with Crippen LogP contribution in [-0.4, -0.2) is 32.6 Å². The van der Waals surface area contributed by atoms with Crippen molar-refractivity contribution in [1.82, 2.24) is 5.32 Å². The van der Waals surface area contributed by atoms with Crippen LogP contribution in [0.1, 0.15) is 18.9 Å². The van der Waals surface area contributed by atoms with Gasteiger partial charge in [-0.25, -0.2) is 0 Å². The Labute approximate surface area is 170 Å². The summed E-state index contributed by atoms with van der Waals surface area (Å²) < 4.78 is 15.9. The van der Waals surface area contributed by atoms with Crippen LogP contribution in [0.25, 0.3) is 0 Å². The molecular weight excluding hydrogens is 372 g/mol. The van der Waals surface area contributed by atoms with Crippen molar-refractivity contribution in [1.29, 1.82) is 0 Å². The quantitative estimate of drug-likeness (QED) is 0.678. The van der Waals surface area contributed by atoms with Crippen molar-refractivity contribution in [3.63, 3.8) is 0 Å². The van der Waals surface area contributed by atoms with Crippen LogP contribution in [0.5, 0.6) is 17.2 Å². The van der Waals surface area contributed by atoms with Gasteiger partial charge in [-0.05, 0) is 55.3 Å². The zero-order valence-corrected chi connectivity index (χ0v) is 16.9. The molecule has 7 heteroatoms. The van der Waals surface area contributed by atoms with Gasteiger partial charge in [0.25, 0.3) is 0 Å². The zero-order valence-electron chi connectivity index (χ0n) is 16.9. The second-order valence-electron chi connectivity index (χ2n) is 6.80. The molecule has 0 saturated heterocycles. The Balaban J connectivity index is 1.48. The highest BCUT2D eigenvalue weighted by Crippen LogP contribution is 2.39.